The van der Waals surface area contributed by atoms with Crippen LogP contribution < -0.4 is 0 Å². The van der Waals surface area contributed by atoms with Gasteiger partial charge in [-0.15, -0.1) is 0 Å². The molecule has 2 aliphatic heterocycles. The molecule has 2 heterocycles. The number of carbonyl (C=O) groups is 2. The number of nitrogens with zero attached hydrogens (tertiary/aromatic N) is 2. The molecule has 2 atom stereocenters. The first-order valence-electron chi connectivity index (χ1n) is 5.97. The second-order valence-corrected chi connectivity index (χ2v) is 4.91. The van der Waals surface area contributed by atoms with E-state index in [-0.39, 0.29) is 17.9 Å². The first kappa shape index (κ1) is 12.2. The van der Waals surface area contributed by atoms with Crippen LogP contribution in [0.1, 0.15) is 19.8 Å². The zero-order valence-electron chi connectivity index (χ0n) is 9.87. The summed E-state index contributed by atoms with van der Waals surface area (Å²) in [5, 5.41) is 18.4. The average molecular weight is 242 g/mol. The Hall–Kier alpha value is -1.30. The van der Waals surface area contributed by atoms with Crippen LogP contribution in [0.25, 0.3) is 0 Å². The number of carbonyl (C=O) groups excluding carboxylic acids is 1. The van der Waals surface area contributed by atoms with Crippen molar-refractivity contribution >= 4 is 12.0 Å². The minimum Gasteiger partial charge on any atom is -0.465 e. The van der Waals surface area contributed by atoms with Crippen LogP contribution >= 0.6 is 0 Å². The maximum Gasteiger partial charge on any atom is 0.407 e. The molecule has 2 amide bonds. The van der Waals surface area contributed by atoms with Crippen molar-refractivity contribution in [2.75, 3.05) is 19.6 Å². The molecule has 2 rings (SSSR count). The summed E-state index contributed by atoms with van der Waals surface area (Å²) in [7, 11) is 0. The molecule has 0 saturated carbocycles. The molecule has 0 bridgehead atoms. The van der Waals surface area contributed by atoms with Crippen LogP contribution in [0.4, 0.5) is 4.79 Å². The monoisotopic (exact) mass is 242 g/mol. The SMILES string of the molecule is CC1CN(C2CCN(C(=O)O)CC2)C(=O)C1O. The smallest absolute Gasteiger partial charge is 0.407 e. The van der Waals surface area contributed by atoms with E-state index in [1.807, 2.05) is 6.92 Å². The highest BCUT2D eigenvalue weighted by atomic mass is 16.4. The van der Waals surface area contributed by atoms with Gasteiger partial charge in [0.25, 0.3) is 5.91 Å². The van der Waals surface area contributed by atoms with Gasteiger partial charge in [-0.3, -0.25) is 4.79 Å². The van der Waals surface area contributed by atoms with Gasteiger partial charge in [0.05, 0.1) is 0 Å². The molecular weight excluding hydrogens is 224 g/mol. The van der Waals surface area contributed by atoms with Gasteiger partial charge in [-0.05, 0) is 12.8 Å². The van der Waals surface area contributed by atoms with Crippen molar-refractivity contribution in [1.29, 1.82) is 0 Å². The van der Waals surface area contributed by atoms with Crippen LogP contribution in [0.3, 0.4) is 0 Å². The molecular formula is C11H18N2O4. The predicted octanol–water partition coefficient (Wildman–Crippen LogP) is -0.0320. The van der Waals surface area contributed by atoms with Crippen molar-refractivity contribution in [3.05, 3.63) is 0 Å². The van der Waals surface area contributed by atoms with E-state index >= 15 is 0 Å². The summed E-state index contributed by atoms with van der Waals surface area (Å²) in [6, 6.07) is 0.0812. The summed E-state index contributed by atoms with van der Waals surface area (Å²) in [6.45, 7) is 3.37. The van der Waals surface area contributed by atoms with Crippen molar-refractivity contribution in [1.82, 2.24) is 9.80 Å². The molecule has 0 spiro atoms. The number of hydrogen-bond acceptors (Lipinski definition) is 3. The molecule has 2 aliphatic rings. The number of hydrogen-bond donors (Lipinski definition) is 2. The third kappa shape index (κ3) is 2.22. The Kier molecular flexibility index (Phi) is 3.24. The van der Waals surface area contributed by atoms with Gasteiger partial charge >= 0.3 is 6.09 Å². The summed E-state index contributed by atoms with van der Waals surface area (Å²) in [6.07, 6.45) is -0.452. The van der Waals surface area contributed by atoms with Gasteiger partial charge in [0, 0.05) is 31.6 Å². The van der Waals surface area contributed by atoms with Crippen molar-refractivity contribution < 1.29 is 19.8 Å². The molecule has 17 heavy (non-hydrogen) atoms. The van der Waals surface area contributed by atoms with Gasteiger partial charge in [0.1, 0.15) is 6.10 Å². The van der Waals surface area contributed by atoms with E-state index in [1.165, 1.54) is 4.90 Å². The third-order valence-electron chi connectivity index (χ3n) is 3.74. The fourth-order valence-corrected chi connectivity index (χ4v) is 2.61. The van der Waals surface area contributed by atoms with E-state index in [0.29, 0.717) is 32.5 Å². The van der Waals surface area contributed by atoms with Crippen LogP contribution in [-0.2, 0) is 4.79 Å². The Morgan fingerprint density at radius 2 is 1.94 bits per heavy atom. The summed E-state index contributed by atoms with van der Waals surface area (Å²) >= 11 is 0. The highest BCUT2D eigenvalue weighted by molar-refractivity contribution is 5.83. The van der Waals surface area contributed by atoms with E-state index in [4.69, 9.17) is 5.11 Å². The summed E-state index contributed by atoms with van der Waals surface area (Å²) in [5.74, 6) is -0.230. The minimum atomic E-state index is -0.899. The van der Waals surface area contributed by atoms with Gasteiger partial charge in [-0.1, -0.05) is 6.92 Å². The van der Waals surface area contributed by atoms with Crippen molar-refractivity contribution in [2.45, 2.75) is 31.9 Å². The summed E-state index contributed by atoms with van der Waals surface area (Å²) < 4.78 is 0. The van der Waals surface area contributed by atoms with Gasteiger partial charge in [0.15, 0.2) is 0 Å². The van der Waals surface area contributed by atoms with E-state index in [9.17, 15) is 14.7 Å². The van der Waals surface area contributed by atoms with Crippen molar-refractivity contribution in [3.8, 4) is 0 Å². The van der Waals surface area contributed by atoms with Crippen LogP contribution in [0.5, 0.6) is 0 Å². The molecule has 6 nitrogen and oxygen atoms in total. The third-order valence-corrected chi connectivity index (χ3v) is 3.74. The maximum atomic E-state index is 11.8. The number of piperidine rings is 1. The molecule has 0 radical (unpaired) electrons. The number of aliphatic hydroxyl groups excluding tert-OH is 1. The summed E-state index contributed by atoms with van der Waals surface area (Å²) in [4.78, 5) is 25.6. The van der Waals surface area contributed by atoms with E-state index in [2.05, 4.69) is 0 Å². The Morgan fingerprint density at radius 3 is 2.35 bits per heavy atom. The molecule has 2 unspecified atom stereocenters. The largest absolute Gasteiger partial charge is 0.465 e. The second-order valence-electron chi connectivity index (χ2n) is 4.91. The molecule has 6 heteroatoms. The predicted molar refractivity (Wildman–Crippen MR) is 59.5 cm³/mol. The Morgan fingerprint density at radius 1 is 1.35 bits per heavy atom. The lowest BCUT2D eigenvalue weighted by Gasteiger charge is -2.35. The molecule has 0 aromatic rings. The number of carboxylic acid groups (broad SMARTS) is 1. The molecule has 2 saturated heterocycles. The summed E-state index contributed by atoms with van der Waals surface area (Å²) in [5.41, 5.74) is 0. The van der Waals surface area contributed by atoms with Crippen LogP contribution in [0, 0.1) is 5.92 Å². The number of amides is 2. The average Bonchev–Trinajstić information content (AvgIpc) is 2.57. The van der Waals surface area contributed by atoms with Crippen LogP contribution in [0.2, 0.25) is 0 Å². The maximum absolute atomic E-state index is 11.8. The molecule has 0 aromatic heterocycles. The van der Waals surface area contributed by atoms with E-state index in [0.717, 1.165) is 0 Å². The highest BCUT2D eigenvalue weighted by Crippen LogP contribution is 2.25. The fraction of sp³-hybridized carbons (Fsp3) is 0.818. The van der Waals surface area contributed by atoms with Crippen molar-refractivity contribution in [3.63, 3.8) is 0 Å². The van der Waals surface area contributed by atoms with Crippen LogP contribution in [-0.4, -0.2) is 63.8 Å². The van der Waals surface area contributed by atoms with Gasteiger partial charge < -0.3 is 20.0 Å². The quantitative estimate of drug-likeness (QED) is 0.676. The number of likely N-dealkylation sites (tertiary alicyclic amines) is 2. The lowest BCUT2D eigenvalue weighted by molar-refractivity contribution is -0.137. The number of rotatable bonds is 1. The second kappa shape index (κ2) is 4.52. The van der Waals surface area contributed by atoms with E-state index < -0.39 is 12.2 Å². The zero-order chi connectivity index (χ0) is 12.6. The van der Waals surface area contributed by atoms with Crippen molar-refractivity contribution in [2.24, 2.45) is 5.92 Å². The molecule has 96 valence electrons. The molecule has 2 fully saturated rings. The van der Waals surface area contributed by atoms with Gasteiger partial charge in [0.2, 0.25) is 0 Å². The minimum absolute atomic E-state index is 0.0278. The molecule has 0 aromatic carbocycles. The number of aliphatic hydroxyl groups is 1. The Labute approximate surface area is 99.8 Å². The lowest BCUT2D eigenvalue weighted by Crippen LogP contribution is -2.47. The van der Waals surface area contributed by atoms with Gasteiger partial charge in [-0.25, -0.2) is 4.79 Å². The normalized spacial score (nSPS) is 31.1. The first-order chi connectivity index (χ1) is 8.00. The fourth-order valence-electron chi connectivity index (χ4n) is 2.61. The van der Waals surface area contributed by atoms with Crippen LogP contribution in [0.15, 0.2) is 0 Å². The lowest BCUT2D eigenvalue weighted by atomic mass is 10.0. The Bertz CT molecular complexity index is 325. The zero-order valence-corrected chi connectivity index (χ0v) is 9.87. The molecule has 0 aliphatic carbocycles. The molecule has 2 N–H and O–H groups in total. The van der Waals surface area contributed by atoms with E-state index in [1.54, 1.807) is 4.90 Å². The topological polar surface area (TPSA) is 81.1 Å². The Balaban J connectivity index is 1.93. The van der Waals surface area contributed by atoms with Gasteiger partial charge in [-0.2, -0.15) is 0 Å². The first-order valence-corrected chi connectivity index (χ1v) is 5.97. The standard InChI is InChI=1S/C11H18N2O4/c1-7-6-13(10(15)9(7)14)8-2-4-12(5-3-8)11(16)17/h7-9,14H,2-6H2,1H3,(H,16,17). The highest BCUT2D eigenvalue weighted by Gasteiger charge is 2.40.